The van der Waals surface area contributed by atoms with Crippen LogP contribution in [-0.4, -0.2) is 30.0 Å². The van der Waals surface area contributed by atoms with Crippen molar-refractivity contribution in [1.29, 1.82) is 0 Å². The van der Waals surface area contributed by atoms with Crippen LogP contribution in [0.4, 0.5) is 10.1 Å². The van der Waals surface area contributed by atoms with Gasteiger partial charge in [0.1, 0.15) is 24.0 Å². The van der Waals surface area contributed by atoms with Crippen LogP contribution in [0.2, 0.25) is 0 Å². The molecule has 0 amide bonds. The van der Waals surface area contributed by atoms with Crippen LogP contribution in [0.25, 0.3) is 10.9 Å². The lowest BCUT2D eigenvalue weighted by Crippen LogP contribution is -2.25. The first-order valence-electron chi connectivity index (χ1n) is 12.7. The summed E-state index contributed by atoms with van der Waals surface area (Å²) in [6.45, 7) is 0.281. The SMILES string of the molecule is CN(C)c1ccc(C=Nn2c(C3CCCCC3)nc3ccccc3c2=O)c(OCc2ccc(F)cc2)c1. The lowest BCUT2D eigenvalue weighted by molar-refractivity contribution is 0.305. The second-order valence-corrected chi connectivity index (χ2v) is 9.72. The third-order valence-electron chi connectivity index (χ3n) is 6.88. The highest BCUT2D eigenvalue weighted by atomic mass is 19.1. The molecule has 0 atom stereocenters. The number of benzene rings is 3. The molecule has 1 aromatic heterocycles. The van der Waals surface area contributed by atoms with Gasteiger partial charge in [0.05, 0.1) is 17.1 Å². The van der Waals surface area contributed by atoms with Gasteiger partial charge in [0, 0.05) is 37.3 Å². The molecule has 0 saturated heterocycles. The highest BCUT2D eigenvalue weighted by molar-refractivity contribution is 5.85. The lowest BCUT2D eigenvalue weighted by atomic mass is 9.88. The summed E-state index contributed by atoms with van der Waals surface area (Å²) in [5, 5.41) is 5.23. The third-order valence-corrected chi connectivity index (χ3v) is 6.88. The van der Waals surface area contributed by atoms with E-state index in [0.717, 1.165) is 48.3 Å². The van der Waals surface area contributed by atoms with E-state index in [9.17, 15) is 9.18 Å². The van der Waals surface area contributed by atoms with Crippen molar-refractivity contribution in [2.45, 2.75) is 44.6 Å². The van der Waals surface area contributed by atoms with Gasteiger partial charge in [-0.15, -0.1) is 0 Å². The molecule has 0 unspecified atom stereocenters. The molecule has 0 bridgehead atoms. The van der Waals surface area contributed by atoms with E-state index in [-0.39, 0.29) is 23.9 Å². The van der Waals surface area contributed by atoms with Crippen LogP contribution in [0, 0.1) is 5.82 Å². The van der Waals surface area contributed by atoms with Gasteiger partial charge in [-0.3, -0.25) is 4.79 Å². The quantitative estimate of drug-likeness (QED) is 0.289. The van der Waals surface area contributed by atoms with Crippen molar-refractivity contribution < 1.29 is 9.13 Å². The third kappa shape index (κ3) is 5.56. The molecule has 5 rings (SSSR count). The number of anilines is 1. The molecule has 0 N–H and O–H groups in total. The zero-order valence-corrected chi connectivity index (χ0v) is 21.2. The molecule has 1 aliphatic carbocycles. The molecule has 4 aromatic rings. The van der Waals surface area contributed by atoms with E-state index < -0.39 is 0 Å². The zero-order valence-electron chi connectivity index (χ0n) is 21.2. The molecule has 1 fully saturated rings. The Labute approximate surface area is 216 Å². The van der Waals surface area contributed by atoms with Crippen LogP contribution in [0.15, 0.2) is 76.6 Å². The minimum atomic E-state index is -0.283. The van der Waals surface area contributed by atoms with Gasteiger partial charge in [-0.05, 0) is 54.8 Å². The largest absolute Gasteiger partial charge is 0.488 e. The second-order valence-electron chi connectivity index (χ2n) is 9.72. The molecule has 1 heterocycles. The molecule has 190 valence electrons. The Hall–Kier alpha value is -4.00. The van der Waals surface area contributed by atoms with Crippen molar-refractivity contribution in [2.75, 3.05) is 19.0 Å². The molecular weight excluding hydrogens is 467 g/mol. The maximum Gasteiger partial charge on any atom is 0.282 e. The summed E-state index contributed by atoms with van der Waals surface area (Å²) >= 11 is 0. The summed E-state index contributed by atoms with van der Waals surface area (Å²) < 4.78 is 20.9. The number of halogens is 1. The molecule has 0 radical (unpaired) electrons. The standard InChI is InChI=1S/C30H31FN4O2/c1-34(2)25-17-14-23(28(18-25)37-20-21-12-15-24(31)16-13-21)19-32-35-29(22-8-4-3-5-9-22)33-27-11-7-6-10-26(27)30(35)36/h6-7,10-19,22H,3-5,8-9,20H2,1-2H3. The number of hydrogen-bond donors (Lipinski definition) is 0. The normalized spacial score (nSPS) is 14.4. The topological polar surface area (TPSA) is 59.7 Å². The van der Waals surface area contributed by atoms with Crippen LogP contribution in [0.5, 0.6) is 5.75 Å². The number of fused-ring (bicyclic) bond motifs is 1. The van der Waals surface area contributed by atoms with Crippen LogP contribution in [-0.2, 0) is 6.61 Å². The predicted octanol–water partition coefficient (Wildman–Crippen LogP) is 6.11. The summed E-state index contributed by atoms with van der Waals surface area (Å²) in [5.41, 5.74) is 3.11. The van der Waals surface area contributed by atoms with Gasteiger partial charge in [0.25, 0.3) is 5.56 Å². The van der Waals surface area contributed by atoms with Gasteiger partial charge in [0.15, 0.2) is 0 Å². The first-order chi connectivity index (χ1) is 18.0. The molecule has 1 aliphatic rings. The van der Waals surface area contributed by atoms with E-state index in [1.165, 1.54) is 23.2 Å². The fourth-order valence-corrected chi connectivity index (χ4v) is 4.77. The van der Waals surface area contributed by atoms with Gasteiger partial charge >= 0.3 is 0 Å². The van der Waals surface area contributed by atoms with Crippen LogP contribution < -0.4 is 15.2 Å². The number of aromatic nitrogens is 2. The number of ether oxygens (including phenoxy) is 1. The Morgan fingerprint density at radius 1 is 1.05 bits per heavy atom. The van der Waals surface area contributed by atoms with Crippen molar-refractivity contribution in [3.05, 3.63) is 99.9 Å². The van der Waals surface area contributed by atoms with Crippen LogP contribution >= 0.6 is 0 Å². The summed E-state index contributed by atoms with van der Waals surface area (Å²) in [5.74, 6) is 1.27. The second kappa shape index (κ2) is 10.9. The molecule has 3 aromatic carbocycles. The van der Waals surface area contributed by atoms with E-state index in [1.807, 2.05) is 55.4 Å². The van der Waals surface area contributed by atoms with Crippen LogP contribution in [0.1, 0.15) is 55.0 Å². The number of para-hydroxylation sites is 1. The summed E-state index contributed by atoms with van der Waals surface area (Å²) in [4.78, 5) is 20.4. The Bertz CT molecular complexity index is 1470. The van der Waals surface area contributed by atoms with Gasteiger partial charge in [-0.2, -0.15) is 9.78 Å². The maximum atomic E-state index is 13.5. The molecule has 0 spiro atoms. The molecule has 1 saturated carbocycles. The Kier molecular flexibility index (Phi) is 7.30. The van der Waals surface area contributed by atoms with E-state index >= 15 is 0 Å². The average molecular weight is 499 g/mol. The van der Waals surface area contributed by atoms with Crippen molar-refractivity contribution in [2.24, 2.45) is 5.10 Å². The molecule has 37 heavy (non-hydrogen) atoms. The number of hydrogen-bond acceptors (Lipinski definition) is 5. The van der Waals surface area contributed by atoms with Crippen molar-refractivity contribution >= 4 is 22.8 Å². The molecule has 7 heteroatoms. The fraction of sp³-hybridized carbons (Fsp3) is 0.300. The summed E-state index contributed by atoms with van der Waals surface area (Å²) in [7, 11) is 3.92. The molecular formula is C30H31FN4O2. The summed E-state index contributed by atoms with van der Waals surface area (Å²) in [6.07, 6.45) is 7.15. The summed E-state index contributed by atoms with van der Waals surface area (Å²) in [6, 6.07) is 19.5. The number of nitrogens with zero attached hydrogens (tertiary/aromatic N) is 4. The maximum absolute atomic E-state index is 13.5. The van der Waals surface area contributed by atoms with Gasteiger partial charge in [-0.1, -0.05) is 43.5 Å². The Morgan fingerprint density at radius 3 is 2.57 bits per heavy atom. The predicted molar refractivity (Wildman–Crippen MR) is 146 cm³/mol. The molecule has 0 aliphatic heterocycles. The average Bonchev–Trinajstić information content (AvgIpc) is 2.93. The van der Waals surface area contributed by atoms with Crippen LogP contribution in [0.3, 0.4) is 0 Å². The fourth-order valence-electron chi connectivity index (χ4n) is 4.77. The smallest absolute Gasteiger partial charge is 0.282 e. The zero-order chi connectivity index (χ0) is 25.8. The van der Waals surface area contributed by atoms with Crippen molar-refractivity contribution in [3.63, 3.8) is 0 Å². The monoisotopic (exact) mass is 498 g/mol. The Balaban J connectivity index is 1.53. The van der Waals surface area contributed by atoms with Gasteiger partial charge in [0.2, 0.25) is 0 Å². The lowest BCUT2D eigenvalue weighted by Gasteiger charge is -2.22. The first-order valence-corrected chi connectivity index (χ1v) is 12.7. The van der Waals surface area contributed by atoms with Crippen molar-refractivity contribution in [1.82, 2.24) is 9.66 Å². The van der Waals surface area contributed by atoms with E-state index in [2.05, 4.69) is 5.10 Å². The highest BCUT2D eigenvalue weighted by Crippen LogP contribution is 2.32. The Morgan fingerprint density at radius 2 is 1.81 bits per heavy atom. The van der Waals surface area contributed by atoms with Gasteiger partial charge < -0.3 is 9.64 Å². The van der Waals surface area contributed by atoms with E-state index in [1.54, 1.807) is 24.4 Å². The highest BCUT2D eigenvalue weighted by Gasteiger charge is 2.22. The first kappa shape index (κ1) is 24.7. The van der Waals surface area contributed by atoms with E-state index in [0.29, 0.717) is 16.7 Å². The minimum absolute atomic E-state index is 0.166. The van der Waals surface area contributed by atoms with E-state index in [4.69, 9.17) is 9.72 Å². The molecule has 6 nitrogen and oxygen atoms in total. The number of rotatable bonds is 7. The van der Waals surface area contributed by atoms with Gasteiger partial charge in [-0.25, -0.2) is 9.37 Å². The van der Waals surface area contributed by atoms with Crippen molar-refractivity contribution in [3.8, 4) is 5.75 Å². The minimum Gasteiger partial charge on any atom is -0.488 e.